The summed E-state index contributed by atoms with van der Waals surface area (Å²) in [7, 11) is 0. The molecule has 6 heteroatoms. The van der Waals surface area contributed by atoms with E-state index in [1.165, 1.54) is 6.07 Å². The number of carbonyl (C=O) groups is 1. The summed E-state index contributed by atoms with van der Waals surface area (Å²) in [5, 5.41) is 11.4. The molecule has 0 radical (unpaired) electrons. The number of likely N-dealkylation sites (tertiary alicyclic amines) is 1. The Balaban J connectivity index is 1.98. The van der Waals surface area contributed by atoms with Crippen LogP contribution in [0.15, 0.2) is 18.2 Å². The van der Waals surface area contributed by atoms with Crippen LogP contribution in [0.2, 0.25) is 0 Å². The fraction of sp³-hybridized carbons (Fsp3) is 0.462. The highest BCUT2D eigenvalue weighted by Gasteiger charge is 2.25. The zero-order valence-electron chi connectivity index (χ0n) is 10.4. The Morgan fingerprint density at radius 2 is 2.11 bits per heavy atom. The molecule has 1 heterocycles. The van der Waals surface area contributed by atoms with Crippen LogP contribution in [0.5, 0.6) is 0 Å². The van der Waals surface area contributed by atoms with Crippen molar-refractivity contribution in [2.75, 3.05) is 25.0 Å². The summed E-state index contributed by atoms with van der Waals surface area (Å²) in [5.74, 6) is -2.08. The van der Waals surface area contributed by atoms with Crippen LogP contribution in [-0.2, 0) is 4.79 Å². The standard InChI is InChI=1S/C13H16F2N2O2/c14-10-4-1-5-11(15)13(10)16-12(19)7-17-6-2-3-9(17)8-18/h1,4-5,9,18H,2-3,6-8H2,(H,16,19)/t9-/m1/s1. The van der Waals surface area contributed by atoms with E-state index in [0.717, 1.165) is 25.0 Å². The molecule has 2 rings (SSSR count). The Morgan fingerprint density at radius 1 is 1.42 bits per heavy atom. The maximum Gasteiger partial charge on any atom is 0.238 e. The number of nitrogens with zero attached hydrogens (tertiary/aromatic N) is 1. The summed E-state index contributed by atoms with van der Waals surface area (Å²) in [6.45, 7) is 0.721. The number of benzene rings is 1. The molecule has 1 amide bonds. The van der Waals surface area contributed by atoms with Crippen LogP contribution >= 0.6 is 0 Å². The zero-order chi connectivity index (χ0) is 13.8. The predicted octanol–water partition coefficient (Wildman–Crippen LogP) is 1.36. The van der Waals surface area contributed by atoms with Crippen molar-refractivity contribution in [3.63, 3.8) is 0 Å². The lowest BCUT2D eigenvalue weighted by molar-refractivity contribution is -0.117. The number of anilines is 1. The van der Waals surface area contributed by atoms with Gasteiger partial charge in [0.15, 0.2) is 0 Å². The zero-order valence-corrected chi connectivity index (χ0v) is 10.4. The molecule has 1 aromatic carbocycles. The van der Waals surface area contributed by atoms with Gasteiger partial charge in [0.05, 0.1) is 13.2 Å². The Hall–Kier alpha value is -1.53. The summed E-state index contributed by atoms with van der Waals surface area (Å²) < 4.78 is 26.7. The summed E-state index contributed by atoms with van der Waals surface area (Å²) in [5.41, 5.74) is -0.424. The molecular formula is C13H16F2N2O2. The molecule has 0 aromatic heterocycles. The number of para-hydroxylation sites is 1. The molecular weight excluding hydrogens is 254 g/mol. The van der Waals surface area contributed by atoms with Gasteiger partial charge in [-0.25, -0.2) is 8.78 Å². The topological polar surface area (TPSA) is 52.6 Å². The molecule has 0 aliphatic carbocycles. The SMILES string of the molecule is O=C(CN1CCC[C@@H]1CO)Nc1c(F)cccc1F. The van der Waals surface area contributed by atoms with Crippen LogP contribution in [0.4, 0.5) is 14.5 Å². The van der Waals surface area contributed by atoms with E-state index in [2.05, 4.69) is 5.32 Å². The Morgan fingerprint density at radius 3 is 2.74 bits per heavy atom. The minimum absolute atomic E-state index is 0.0126. The fourth-order valence-electron chi connectivity index (χ4n) is 2.29. The lowest BCUT2D eigenvalue weighted by Crippen LogP contribution is -2.38. The van der Waals surface area contributed by atoms with Crippen molar-refractivity contribution < 1.29 is 18.7 Å². The number of rotatable bonds is 4. The predicted molar refractivity (Wildman–Crippen MR) is 66.7 cm³/mol. The number of aliphatic hydroxyl groups is 1. The van der Waals surface area contributed by atoms with Gasteiger partial charge in [0.1, 0.15) is 17.3 Å². The highest BCUT2D eigenvalue weighted by atomic mass is 19.1. The molecule has 104 valence electrons. The van der Waals surface area contributed by atoms with E-state index in [1.54, 1.807) is 0 Å². The van der Waals surface area contributed by atoms with E-state index in [1.807, 2.05) is 4.90 Å². The Bertz CT molecular complexity index is 448. The van der Waals surface area contributed by atoms with Crippen molar-refractivity contribution in [1.82, 2.24) is 4.90 Å². The molecule has 1 saturated heterocycles. The van der Waals surface area contributed by atoms with Gasteiger partial charge in [-0.2, -0.15) is 0 Å². The third kappa shape index (κ3) is 3.27. The first-order chi connectivity index (χ1) is 9.11. The maximum absolute atomic E-state index is 13.4. The van der Waals surface area contributed by atoms with Crippen molar-refractivity contribution in [3.8, 4) is 0 Å². The quantitative estimate of drug-likeness (QED) is 0.868. The second-order valence-electron chi connectivity index (χ2n) is 4.59. The van der Waals surface area contributed by atoms with Crippen molar-refractivity contribution in [2.24, 2.45) is 0 Å². The van der Waals surface area contributed by atoms with Crippen molar-refractivity contribution in [2.45, 2.75) is 18.9 Å². The van der Waals surface area contributed by atoms with Crippen LogP contribution in [0.3, 0.4) is 0 Å². The number of aliphatic hydroxyl groups excluding tert-OH is 1. The van der Waals surface area contributed by atoms with Crippen molar-refractivity contribution in [1.29, 1.82) is 0 Å². The van der Waals surface area contributed by atoms with E-state index in [4.69, 9.17) is 5.11 Å². The molecule has 0 bridgehead atoms. The first-order valence-electron chi connectivity index (χ1n) is 6.20. The van der Waals surface area contributed by atoms with Crippen LogP contribution in [0.1, 0.15) is 12.8 Å². The molecule has 1 aliphatic rings. The highest BCUT2D eigenvalue weighted by molar-refractivity contribution is 5.92. The minimum atomic E-state index is -0.798. The monoisotopic (exact) mass is 270 g/mol. The fourth-order valence-corrected chi connectivity index (χ4v) is 2.29. The number of nitrogens with one attached hydrogen (secondary N) is 1. The van der Waals surface area contributed by atoms with E-state index in [-0.39, 0.29) is 19.2 Å². The van der Waals surface area contributed by atoms with Crippen LogP contribution in [-0.4, -0.2) is 41.7 Å². The third-order valence-electron chi connectivity index (χ3n) is 3.28. The number of hydrogen-bond acceptors (Lipinski definition) is 3. The van der Waals surface area contributed by atoms with Gasteiger partial charge < -0.3 is 10.4 Å². The van der Waals surface area contributed by atoms with Gasteiger partial charge in [0, 0.05) is 6.04 Å². The van der Waals surface area contributed by atoms with Gasteiger partial charge in [-0.15, -0.1) is 0 Å². The number of carbonyl (C=O) groups excluding carboxylic acids is 1. The minimum Gasteiger partial charge on any atom is -0.395 e. The normalized spacial score (nSPS) is 19.6. The van der Waals surface area contributed by atoms with Gasteiger partial charge in [-0.3, -0.25) is 9.69 Å². The van der Waals surface area contributed by atoms with E-state index in [9.17, 15) is 13.6 Å². The summed E-state index contributed by atoms with van der Waals surface area (Å²) >= 11 is 0. The van der Waals surface area contributed by atoms with Gasteiger partial charge in [0.2, 0.25) is 5.91 Å². The Labute approximate surface area is 110 Å². The lowest BCUT2D eigenvalue weighted by atomic mass is 10.2. The van der Waals surface area contributed by atoms with Crippen LogP contribution in [0.25, 0.3) is 0 Å². The van der Waals surface area contributed by atoms with E-state index >= 15 is 0 Å². The molecule has 0 unspecified atom stereocenters. The van der Waals surface area contributed by atoms with Gasteiger partial charge >= 0.3 is 0 Å². The molecule has 0 saturated carbocycles. The number of hydrogen-bond donors (Lipinski definition) is 2. The van der Waals surface area contributed by atoms with Crippen molar-refractivity contribution in [3.05, 3.63) is 29.8 Å². The summed E-state index contributed by atoms with van der Waals surface area (Å²) in [6, 6.07) is 3.37. The average molecular weight is 270 g/mol. The molecule has 0 spiro atoms. The number of halogens is 2. The van der Waals surface area contributed by atoms with Gasteiger partial charge in [-0.1, -0.05) is 6.07 Å². The highest BCUT2D eigenvalue weighted by Crippen LogP contribution is 2.19. The number of amides is 1. The first-order valence-corrected chi connectivity index (χ1v) is 6.20. The largest absolute Gasteiger partial charge is 0.395 e. The lowest BCUT2D eigenvalue weighted by Gasteiger charge is -2.21. The van der Waals surface area contributed by atoms with Crippen LogP contribution in [0, 0.1) is 11.6 Å². The summed E-state index contributed by atoms with van der Waals surface area (Å²) in [6.07, 6.45) is 1.74. The van der Waals surface area contributed by atoms with Gasteiger partial charge in [-0.05, 0) is 31.5 Å². The van der Waals surface area contributed by atoms with Crippen LogP contribution < -0.4 is 5.32 Å². The molecule has 2 N–H and O–H groups in total. The molecule has 1 aliphatic heterocycles. The van der Waals surface area contributed by atoms with E-state index < -0.39 is 23.2 Å². The third-order valence-corrected chi connectivity index (χ3v) is 3.28. The second-order valence-corrected chi connectivity index (χ2v) is 4.59. The first kappa shape index (κ1) is 13.9. The average Bonchev–Trinajstić information content (AvgIpc) is 2.81. The smallest absolute Gasteiger partial charge is 0.238 e. The molecule has 1 fully saturated rings. The molecule has 19 heavy (non-hydrogen) atoms. The second kappa shape index (κ2) is 6.08. The Kier molecular flexibility index (Phi) is 4.44. The van der Waals surface area contributed by atoms with Crippen molar-refractivity contribution >= 4 is 11.6 Å². The van der Waals surface area contributed by atoms with E-state index in [0.29, 0.717) is 6.54 Å². The molecule has 4 nitrogen and oxygen atoms in total. The molecule has 1 atom stereocenters. The maximum atomic E-state index is 13.4. The van der Waals surface area contributed by atoms with Gasteiger partial charge in [0.25, 0.3) is 0 Å². The molecule has 1 aromatic rings. The summed E-state index contributed by atoms with van der Waals surface area (Å²) in [4.78, 5) is 13.6.